The molecule has 0 atom stereocenters. The highest BCUT2D eigenvalue weighted by Gasteiger charge is 2.24. The Balaban J connectivity index is 1.61. The van der Waals surface area contributed by atoms with Crippen molar-refractivity contribution in [3.8, 4) is 0 Å². The summed E-state index contributed by atoms with van der Waals surface area (Å²) in [6, 6.07) is 7.34. The van der Waals surface area contributed by atoms with Crippen molar-refractivity contribution >= 4 is 29.1 Å². The Morgan fingerprint density at radius 1 is 1.12 bits per heavy atom. The molecule has 0 saturated carbocycles. The highest BCUT2D eigenvalue weighted by molar-refractivity contribution is 6.35. The number of benzene rings is 1. The fourth-order valence-electron chi connectivity index (χ4n) is 2.94. The van der Waals surface area contributed by atoms with Crippen LogP contribution < -0.4 is 0 Å². The summed E-state index contributed by atoms with van der Waals surface area (Å²) in [4.78, 5) is 16.8. The van der Waals surface area contributed by atoms with E-state index in [-0.39, 0.29) is 5.91 Å². The van der Waals surface area contributed by atoms with Crippen molar-refractivity contribution in [3.63, 3.8) is 0 Å². The highest BCUT2D eigenvalue weighted by Crippen LogP contribution is 2.26. The molecule has 1 aliphatic rings. The Labute approximate surface area is 151 Å². The summed E-state index contributed by atoms with van der Waals surface area (Å²) in [6.45, 7) is 6.36. The molecule has 0 aliphatic carbocycles. The van der Waals surface area contributed by atoms with E-state index in [0.717, 1.165) is 18.7 Å². The Kier molecular flexibility index (Phi) is 5.43. The van der Waals surface area contributed by atoms with E-state index in [1.54, 1.807) is 16.9 Å². The lowest BCUT2D eigenvalue weighted by Crippen LogP contribution is -2.48. The van der Waals surface area contributed by atoms with Gasteiger partial charge in [0.25, 0.3) is 5.91 Å². The first-order valence-corrected chi connectivity index (χ1v) is 8.82. The lowest BCUT2D eigenvalue weighted by molar-refractivity contribution is 0.0616. The summed E-state index contributed by atoms with van der Waals surface area (Å²) in [7, 11) is 0. The highest BCUT2D eigenvalue weighted by atomic mass is 35.5. The van der Waals surface area contributed by atoms with Gasteiger partial charge in [0.1, 0.15) is 5.69 Å². The largest absolute Gasteiger partial charge is 0.335 e. The standard InChI is InChI=1S/C17H20Cl2N4O/c1-2-23-16(6-7-20-23)17(24)22-10-8-21(9-11-22)12-13-14(18)4-3-5-15(13)19/h3-7H,2,8-12H2,1H3. The Hall–Kier alpha value is -1.56. The van der Waals surface area contributed by atoms with E-state index in [4.69, 9.17) is 23.2 Å². The molecule has 0 bridgehead atoms. The molecular formula is C17H20Cl2N4O. The number of hydrogen-bond donors (Lipinski definition) is 0. The molecule has 0 spiro atoms. The minimum absolute atomic E-state index is 0.0461. The number of rotatable bonds is 4. The van der Waals surface area contributed by atoms with E-state index in [1.165, 1.54) is 0 Å². The molecule has 7 heteroatoms. The summed E-state index contributed by atoms with van der Waals surface area (Å²) in [6.07, 6.45) is 1.67. The topological polar surface area (TPSA) is 41.4 Å². The number of carbonyl (C=O) groups excluding carboxylic acids is 1. The predicted molar refractivity (Wildman–Crippen MR) is 95.5 cm³/mol. The minimum Gasteiger partial charge on any atom is -0.335 e. The van der Waals surface area contributed by atoms with E-state index in [9.17, 15) is 4.79 Å². The van der Waals surface area contributed by atoms with Crippen LogP contribution in [0.1, 0.15) is 23.0 Å². The van der Waals surface area contributed by atoms with Crippen LogP contribution in [0.15, 0.2) is 30.5 Å². The van der Waals surface area contributed by atoms with Gasteiger partial charge in [-0.25, -0.2) is 0 Å². The fourth-order valence-corrected chi connectivity index (χ4v) is 3.46. The zero-order valence-corrected chi connectivity index (χ0v) is 15.1. The molecule has 1 aliphatic heterocycles. The first-order valence-electron chi connectivity index (χ1n) is 8.06. The van der Waals surface area contributed by atoms with Crippen LogP contribution in [0.5, 0.6) is 0 Å². The van der Waals surface area contributed by atoms with Crippen molar-refractivity contribution < 1.29 is 4.79 Å². The molecule has 2 aromatic rings. The number of amides is 1. The zero-order valence-electron chi connectivity index (χ0n) is 13.6. The van der Waals surface area contributed by atoms with Gasteiger partial charge in [0, 0.05) is 61.1 Å². The summed E-state index contributed by atoms with van der Waals surface area (Å²) in [5.41, 5.74) is 1.60. The third-order valence-electron chi connectivity index (χ3n) is 4.34. The van der Waals surface area contributed by atoms with Crippen LogP contribution in [0.3, 0.4) is 0 Å². The van der Waals surface area contributed by atoms with E-state index in [2.05, 4.69) is 10.00 Å². The zero-order chi connectivity index (χ0) is 17.1. The number of hydrogen-bond acceptors (Lipinski definition) is 3. The molecule has 1 saturated heterocycles. The Morgan fingerprint density at radius 3 is 2.42 bits per heavy atom. The lowest BCUT2D eigenvalue weighted by atomic mass is 10.2. The second-order valence-corrected chi connectivity index (χ2v) is 6.62. The van der Waals surface area contributed by atoms with Gasteiger partial charge < -0.3 is 4.90 Å². The number of nitrogens with zero attached hydrogens (tertiary/aromatic N) is 4. The molecule has 2 heterocycles. The molecule has 3 rings (SSSR count). The number of halogens is 2. The van der Waals surface area contributed by atoms with Crippen LogP contribution >= 0.6 is 23.2 Å². The van der Waals surface area contributed by atoms with Crippen LogP contribution in [-0.4, -0.2) is 51.7 Å². The minimum atomic E-state index is 0.0461. The van der Waals surface area contributed by atoms with Crippen LogP contribution in [0.25, 0.3) is 0 Å². The van der Waals surface area contributed by atoms with Crippen molar-refractivity contribution in [2.24, 2.45) is 0 Å². The van der Waals surface area contributed by atoms with Gasteiger partial charge in [0.2, 0.25) is 0 Å². The molecular weight excluding hydrogens is 347 g/mol. The maximum atomic E-state index is 12.6. The van der Waals surface area contributed by atoms with Crippen LogP contribution in [0.2, 0.25) is 10.0 Å². The Morgan fingerprint density at radius 2 is 1.79 bits per heavy atom. The second-order valence-electron chi connectivity index (χ2n) is 5.80. The molecule has 24 heavy (non-hydrogen) atoms. The summed E-state index contributed by atoms with van der Waals surface area (Å²) in [5, 5.41) is 5.55. The van der Waals surface area contributed by atoms with Crippen LogP contribution in [-0.2, 0) is 13.1 Å². The second kappa shape index (κ2) is 7.55. The summed E-state index contributed by atoms with van der Waals surface area (Å²) < 4.78 is 1.73. The van der Waals surface area contributed by atoms with Crippen LogP contribution in [0, 0.1) is 0 Å². The number of carbonyl (C=O) groups is 1. The van der Waals surface area contributed by atoms with Gasteiger partial charge in [-0.05, 0) is 25.1 Å². The lowest BCUT2D eigenvalue weighted by Gasteiger charge is -2.35. The van der Waals surface area contributed by atoms with E-state index < -0.39 is 0 Å². The van der Waals surface area contributed by atoms with Crippen LogP contribution in [0.4, 0.5) is 0 Å². The average Bonchev–Trinajstić information content (AvgIpc) is 3.07. The predicted octanol–water partition coefficient (Wildman–Crippen LogP) is 3.17. The van der Waals surface area contributed by atoms with Crippen molar-refractivity contribution in [1.82, 2.24) is 19.6 Å². The fraction of sp³-hybridized carbons (Fsp3) is 0.412. The van der Waals surface area contributed by atoms with Crippen molar-refractivity contribution in [2.75, 3.05) is 26.2 Å². The van der Waals surface area contributed by atoms with Crippen molar-refractivity contribution in [3.05, 3.63) is 51.8 Å². The van der Waals surface area contributed by atoms with Gasteiger partial charge in [-0.15, -0.1) is 0 Å². The third kappa shape index (κ3) is 3.58. The van der Waals surface area contributed by atoms with Gasteiger partial charge in [0.15, 0.2) is 0 Å². The first kappa shape index (κ1) is 17.3. The van der Waals surface area contributed by atoms with Gasteiger partial charge in [-0.1, -0.05) is 29.3 Å². The molecule has 0 unspecified atom stereocenters. The van der Waals surface area contributed by atoms with Crippen molar-refractivity contribution in [1.29, 1.82) is 0 Å². The molecule has 1 aromatic heterocycles. The van der Waals surface area contributed by atoms with Gasteiger partial charge in [-0.2, -0.15) is 5.10 Å². The van der Waals surface area contributed by atoms with Gasteiger partial charge in [-0.3, -0.25) is 14.4 Å². The van der Waals surface area contributed by atoms with E-state index >= 15 is 0 Å². The Bertz CT molecular complexity index is 703. The quantitative estimate of drug-likeness (QED) is 0.834. The molecule has 5 nitrogen and oxygen atoms in total. The van der Waals surface area contributed by atoms with Crippen molar-refractivity contribution in [2.45, 2.75) is 20.0 Å². The summed E-state index contributed by atoms with van der Waals surface area (Å²) >= 11 is 12.5. The first-order chi connectivity index (χ1) is 11.6. The monoisotopic (exact) mass is 366 g/mol. The average molecular weight is 367 g/mol. The molecule has 128 valence electrons. The normalized spacial score (nSPS) is 15.7. The molecule has 0 N–H and O–H groups in total. The van der Waals surface area contributed by atoms with E-state index in [1.807, 2.05) is 30.0 Å². The number of aryl methyl sites for hydroxylation is 1. The van der Waals surface area contributed by atoms with E-state index in [0.29, 0.717) is 41.9 Å². The summed E-state index contributed by atoms with van der Waals surface area (Å²) in [5.74, 6) is 0.0461. The molecule has 1 aromatic carbocycles. The maximum absolute atomic E-state index is 12.6. The van der Waals surface area contributed by atoms with Gasteiger partial charge in [0.05, 0.1) is 0 Å². The SMILES string of the molecule is CCn1nccc1C(=O)N1CCN(Cc2c(Cl)cccc2Cl)CC1. The number of piperazine rings is 1. The maximum Gasteiger partial charge on any atom is 0.272 e. The third-order valence-corrected chi connectivity index (χ3v) is 5.05. The molecule has 1 fully saturated rings. The molecule has 0 radical (unpaired) electrons. The number of aromatic nitrogens is 2. The molecule has 1 amide bonds. The van der Waals surface area contributed by atoms with Gasteiger partial charge >= 0.3 is 0 Å². The smallest absolute Gasteiger partial charge is 0.272 e.